The first-order chi connectivity index (χ1) is 11.5. The number of hydrogen-bond donors (Lipinski definition) is 2. The molecular weight excluding hydrogens is 322 g/mol. The summed E-state index contributed by atoms with van der Waals surface area (Å²) in [4.78, 5) is 14.5. The molecule has 0 atom stereocenters. The number of piperidine rings is 1. The fourth-order valence-electron chi connectivity index (χ4n) is 2.64. The van der Waals surface area contributed by atoms with Crippen LogP contribution in [0.2, 0.25) is 0 Å². The molecule has 24 heavy (non-hydrogen) atoms. The fourth-order valence-corrected chi connectivity index (χ4v) is 2.91. The SMILES string of the molecule is COc1ccc(C(=O)NC2CCN(C(=S)NCC(C)C)CC2)cc1. The smallest absolute Gasteiger partial charge is 0.251 e. The van der Waals surface area contributed by atoms with Crippen molar-refractivity contribution in [2.45, 2.75) is 32.7 Å². The van der Waals surface area contributed by atoms with Crippen molar-refractivity contribution in [1.82, 2.24) is 15.5 Å². The number of rotatable bonds is 5. The number of thiocarbonyl (C=S) groups is 1. The summed E-state index contributed by atoms with van der Waals surface area (Å²) in [5, 5.41) is 7.24. The Morgan fingerprint density at radius 1 is 1.29 bits per heavy atom. The second kappa shape index (κ2) is 8.87. The summed E-state index contributed by atoms with van der Waals surface area (Å²) < 4.78 is 5.11. The van der Waals surface area contributed by atoms with Gasteiger partial charge in [-0.25, -0.2) is 0 Å². The lowest BCUT2D eigenvalue weighted by atomic mass is 10.0. The van der Waals surface area contributed by atoms with Gasteiger partial charge in [0.25, 0.3) is 5.91 Å². The Balaban J connectivity index is 1.77. The average Bonchev–Trinajstić information content (AvgIpc) is 2.60. The van der Waals surface area contributed by atoms with Gasteiger partial charge in [0, 0.05) is 31.2 Å². The normalized spacial score (nSPS) is 15.2. The lowest BCUT2D eigenvalue weighted by molar-refractivity contribution is 0.0922. The number of methoxy groups -OCH3 is 1. The van der Waals surface area contributed by atoms with E-state index in [-0.39, 0.29) is 11.9 Å². The molecule has 0 aliphatic carbocycles. The van der Waals surface area contributed by atoms with Gasteiger partial charge in [-0.2, -0.15) is 0 Å². The second-order valence-electron chi connectivity index (χ2n) is 6.54. The third-order valence-electron chi connectivity index (χ3n) is 4.13. The summed E-state index contributed by atoms with van der Waals surface area (Å²) in [6.07, 6.45) is 1.82. The van der Waals surface area contributed by atoms with Gasteiger partial charge in [0.2, 0.25) is 0 Å². The summed E-state index contributed by atoms with van der Waals surface area (Å²) in [7, 11) is 1.61. The van der Waals surface area contributed by atoms with Gasteiger partial charge in [0.15, 0.2) is 5.11 Å². The maximum absolute atomic E-state index is 12.3. The molecule has 0 radical (unpaired) electrons. The minimum Gasteiger partial charge on any atom is -0.497 e. The van der Waals surface area contributed by atoms with E-state index in [0.29, 0.717) is 11.5 Å². The summed E-state index contributed by atoms with van der Waals surface area (Å²) in [6.45, 7) is 6.97. The molecule has 1 amide bonds. The van der Waals surface area contributed by atoms with Gasteiger partial charge >= 0.3 is 0 Å². The molecule has 1 saturated heterocycles. The third-order valence-corrected chi connectivity index (χ3v) is 4.53. The monoisotopic (exact) mass is 349 g/mol. The molecule has 2 N–H and O–H groups in total. The lowest BCUT2D eigenvalue weighted by Crippen LogP contribution is -2.49. The summed E-state index contributed by atoms with van der Waals surface area (Å²) >= 11 is 5.43. The van der Waals surface area contributed by atoms with E-state index in [1.165, 1.54) is 0 Å². The molecule has 132 valence electrons. The largest absolute Gasteiger partial charge is 0.497 e. The first kappa shape index (κ1) is 18.5. The van der Waals surface area contributed by atoms with Crippen molar-refractivity contribution in [2.75, 3.05) is 26.7 Å². The number of nitrogens with one attached hydrogen (secondary N) is 2. The predicted octanol–water partition coefficient (Wildman–Crippen LogP) is 2.42. The number of likely N-dealkylation sites (tertiary alicyclic amines) is 1. The highest BCUT2D eigenvalue weighted by atomic mass is 32.1. The van der Waals surface area contributed by atoms with Crippen LogP contribution in [0.5, 0.6) is 5.75 Å². The van der Waals surface area contributed by atoms with E-state index >= 15 is 0 Å². The topological polar surface area (TPSA) is 53.6 Å². The molecule has 0 saturated carbocycles. The zero-order valence-corrected chi connectivity index (χ0v) is 15.5. The zero-order chi connectivity index (χ0) is 17.5. The zero-order valence-electron chi connectivity index (χ0n) is 14.7. The van der Waals surface area contributed by atoms with E-state index in [1.54, 1.807) is 31.4 Å². The Labute approximate surface area is 149 Å². The summed E-state index contributed by atoms with van der Waals surface area (Å²) in [5.74, 6) is 1.29. The van der Waals surface area contributed by atoms with Crippen LogP contribution in [0.25, 0.3) is 0 Å². The van der Waals surface area contributed by atoms with E-state index in [0.717, 1.165) is 43.3 Å². The quantitative estimate of drug-likeness (QED) is 0.800. The standard InChI is InChI=1S/C18H27N3O2S/c1-13(2)12-19-18(24)21-10-8-15(9-11-21)20-17(22)14-4-6-16(23-3)7-5-14/h4-7,13,15H,8-12H2,1-3H3,(H,19,24)(H,20,22). The van der Waals surface area contributed by atoms with Crippen molar-refractivity contribution >= 4 is 23.2 Å². The van der Waals surface area contributed by atoms with Gasteiger partial charge in [-0.3, -0.25) is 4.79 Å². The van der Waals surface area contributed by atoms with Crippen molar-refractivity contribution in [3.8, 4) is 5.75 Å². The molecule has 1 aliphatic rings. The van der Waals surface area contributed by atoms with Crippen LogP contribution in [-0.2, 0) is 0 Å². The number of carbonyl (C=O) groups is 1. The Morgan fingerprint density at radius 3 is 2.46 bits per heavy atom. The molecule has 6 heteroatoms. The van der Waals surface area contributed by atoms with Gasteiger partial charge in [0.05, 0.1) is 7.11 Å². The predicted molar refractivity (Wildman–Crippen MR) is 100 cm³/mol. The Morgan fingerprint density at radius 2 is 1.92 bits per heavy atom. The first-order valence-corrected chi connectivity index (χ1v) is 8.88. The molecule has 1 heterocycles. The molecule has 0 spiro atoms. The highest BCUT2D eigenvalue weighted by Gasteiger charge is 2.22. The van der Waals surface area contributed by atoms with Crippen LogP contribution < -0.4 is 15.4 Å². The van der Waals surface area contributed by atoms with E-state index in [9.17, 15) is 4.79 Å². The maximum Gasteiger partial charge on any atom is 0.251 e. The van der Waals surface area contributed by atoms with Crippen molar-refractivity contribution in [1.29, 1.82) is 0 Å². The van der Waals surface area contributed by atoms with Gasteiger partial charge in [-0.15, -0.1) is 0 Å². The summed E-state index contributed by atoms with van der Waals surface area (Å²) in [5.41, 5.74) is 0.660. The van der Waals surface area contributed by atoms with Crippen LogP contribution in [0.1, 0.15) is 37.0 Å². The first-order valence-electron chi connectivity index (χ1n) is 8.47. The summed E-state index contributed by atoms with van der Waals surface area (Å²) in [6, 6.07) is 7.37. The maximum atomic E-state index is 12.3. The highest BCUT2D eigenvalue weighted by molar-refractivity contribution is 7.80. The number of hydrogen-bond acceptors (Lipinski definition) is 3. The minimum atomic E-state index is -0.0309. The number of carbonyl (C=O) groups excluding carboxylic acids is 1. The Hall–Kier alpha value is -1.82. The molecule has 1 aromatic rings. The van der Waals surface area contributed by atoms with E-state index in [1.807, 2.05) is 0 Å². The van der Waals surface area contributed by atoms with Crippen LogP contribution in [0.3, 0.4) is 0 Å². The van der Waals surface area contributed by atoms with Crippen LogP contribution >= 0.6 is 12.2 Å². The highest BCUT2D eigenvalue weighted by Crippen LogP contribution is 2.14. The number of nitrogens with zero attached hydrogens (tertiary/aromatic N) is 1. The molecule has 2 rings (SSSR count). The van der Waals surface area contributed by atoms with E-state index < -0.39 is 0 Å². The molecule has 1 fully saturated rings. The molecule has 1 aromatic carbocycles. The number of benzene rings is 1. The minimum absolute atomic E-state index is 0.0309. The van der Waals surface area contributed by atoms with Crippen molar-refractivity contribution < 1.29 is 9.53 Å². The molecule has 0 unspecified atom stereocenters. The molecular formula is C18H27N3O2S. The van der Waals surface area contributed by atoms with Crippen LogP contribution in [0, 0.1) is 5.92 Å². The van der Waals surface area contributed by atoms with E-state index in [4.69, 9.17) is 17.0 Å². The van der Waals surface area contributed by atoms with Crippen molar-refractivity contribution in [3.63, 3.8) is 0 Å². The molecule has 5 nitrogen and oxygen atoms in total. The number of ether oxygens (including phenoxy) is 1. The third kappa shape index (κ3) is 5.37. The Kier molecular flexibility index (Phi) is 6.85. The number of amides is 1. The van der Waals surface area contributed by atoms with Crippen molar-refractivity contribution in [2.24, 2.45) is 5.92 Å². The van der Waals surface area contributed by atoms with Crippen molar-refractivity contribution in [3.05, 3.63) is 29.8 Å². The Bertz CT molecular complexity index is 552. The molecule has 0 bridgehead atoms. The van der Waals surface area contributed by atoms with E-state index in [2.05, 4.69) is 29.4 Å². The average molecular weight is 350 g/mol. The van der Waals surface area contributed by atoms with Gasteiger partial charge in [-0.1, -0.05) is 13.8 Å². The molecule has 0 aromatic heterocycles. The second-order valence-corrected chi connectivity index (χ2v) is 6.93. The molecule has 1 aliphatic heterocycles. The van der Waals surface area contributed by atoms with Gasteiger partial charge in [0.1, 0.15) is 5.75 Å². The van der Waals surface area contributed by atoms with Gasteiger partial charge in [-0.05, 0) is 55.2 Å². The van der Waals surface area contributed by atoms with Crippen LogP contribution in [-0.4, -0.2) is 48.7 Å². The van der Waals surface area contributed by atoms with Crippen LogP contribution in [0.4, 0.5) is 0 Å². The fraction of sp³-hybridized carbons (Fsp3) is 0.556. The van der Waals surface area contributed by atoms with Gasteiger partial charge < -0.3 is 20.3 Å². The van der Waals surface area contributed by atoms with Crippen LogP contribution in [0.15, 0.2) is 24.3 Å². The lowest BCUT2D eigenvalue weighted by Gasteiger charge is -2.34.